The van der Waals surface area contributed by atoms with Gasteiger partial charge in [-0.3, -0.25) is 4.79 Å². The quantitative estimate of drug-likeness (QED) is 0.776. The fourth-order valence-corrected chi connectivity index (χ4v) is 2.20. The van der Waals surface area contributed by atoms with Crippen molar-refractivity contribution in [1.29, 1.82) is 0 Å². The fraction of sp³-hybridized carbons (Fsp3) is 0.833. The Morgan fingerprint density at radius 2 is 2.18 bits per heavy atom. The number of carbonyl (C=O) groups excluding carboxylic acids is 1. The summed E-state index contributed by atoms with van der Waals surface area (Å²) in [5.74, 6) is 0.0175. The standard InChI is InChI=1S/C12H22N2O2S/c1-5-12(4,9(13)17)10(15)14-6-7-16-11(2,3)8-14/h5-8H2,1-4H3,(H2,13,17). The molecular weight excluding hydrogens is 236 g/mol. The smallest absolute Gasteiger partial charge is 0.235 e. The number of morpholine rings is 1. The van der Waals surface area contributed by atoms with Crippen LogP contribution in [0.5, 0.6) is 0 Å². The van der Waals surface area contributed by atoms with Crippen molar-refractivity contribution in [2.24, 2.45) is 11.1 Å². The Kier molecular flexibility index (Phi) is 4.15. The van der Waals surface area contributed by atoms with Gasteiger partial charge in [0.05, 0.1) is 22.6 Å². The molecule has 0 aromatic heterocycles. The summed E-state index contributed by atoms with van der Waals surface area (Å²) in [6.45, 7) is 9.48. The van der Waals surface area contributed by atoms with Crippen LogP contribution in [0.15, 0.2) is 0 Å². The van der Waals surface area contributed by atoms with E-state index in [9.17, 15) is 4.79 Å². The lowest BCUT2D eigenvalue weighted by Crippen LogP contribution is -2.56. The molecule has 1 atom stereocenters. The number of thiocarbonyl (C=S) groups is 1. The molecule has 0 aromatic carbocycles. The first-order valence-electron chi connectivity index (χ1n) is 5.96. The van der Waals surface area contributed by atoms with Gasteiger partial charge in [-0.2, -0.15) is 0 Å². The van der Waals surface area contributed by atoms with Gasteiger partial charge >= 0.3 is 0 Å². The Labute approximate surface area is 108 Å². The lowest BCUT2D eigenvalue weighted by Gasteiger charge is -2.41. The second kappa shape index (κ2) is 4.90. The SMILES string of the molecule is CCC(C)(C(=O)N1CCOC(C)(C)C1)C(N)=S. The van der Waals surface area contributed by atoms with E-state index in [2.05, 4.69) is 0 Å². The van der Waals surface area contributed by atoms with E-state index < -0.39 is 5.41 Å². The maximum Gasteiger partial charge on any atom is 0.235 e. The number of ether oxygens (including phenoxy) is 1. The van der Waals surface area contributed by atoms with Gasteiger partial charge in [0, 0.05) is 13.1 Å². The molecule has 0 bridgehead atoms. The third kappa shape index (κ3) is 2.96. The Morgan fingerprint density at radius 3 is 2.59 bits per heavy atom. The highest BCUT2D eigenvalue weighted by molar-refractivity contribution is 7.80. The number of nitrogens with two attached hydrogens (primary N) is 1. The maximum absolute atomic E-state index is 12.5. The Bertz CT molecular complexity index is 330. The summed E-state index contributed by atoms with van der Waals surface area (Å²) >= 11 is 5.03. The van der Waals surface area contributed by atoms with E-state index in [1.165, 1.54) is 0 Å². The highest BCUT2D eigenvalue weighted by Gasteiger charge is 2.41. The van der Waals surface area contributed by atoms with Gasteiger partial charge in [0.1, 0.15) is 0 Å². The zero-order valence-electron chi connectivity index (χ0n) is 11.1. The minimum atomic E-state index is -0.733. The van der Waals surface area contributed by atoms with Crippen molar-refractivity contribution < 1.29 is 9.53 Å². The van der Waals surface area contributed by atoms with E-state index in [4.69, 9.17) is 22.7 Å². The van der Waals surface area contributed by atoms with Gasteiger partial charge in [0.25, 0.3) is 0 Å². The van der Waals surface area contributed by atoms with E-state index in [0.717, 1.165) is 0 Å². The summed E-state index contributed by atoms with van der Waals surface area (Å²) in [7, 11) is 0. The van der Waals surface area contributed by atoms with Gasteiger partial charge < -0.3 is 15.4 Å². The summed E-state index contributed by atoms with van der Waals surface area (Å²) in [4.78, 5) is 14.6. The summed E-state index contributed by atoms with van der Waals surface area (Å²) in [5.41, 5.74) is 4.68. The van der Waals surface area contributed by atoms with Crippen molar-refractivity contribution in [2.75, 3.05) is 19.7 Å². The van der Waals surface area contributed by atoms with Gasteiger partial charge in [0.2, 0.25) is 5.91 Å². The average Bonchev–Trinajstić information content (AvgIpc) is 2.25. The van der Waals surface area contributed by atoms with Gasteiger partial charge in [0.15, 0.2) is 0 Å². The Morgan fingerprint density at radius 1 is 1.59 bits per heavy atom. The number of rotatable bonds is 3. The number of nitrogens with zero attached hydrogens (tertiary/aromatic N) is 1. The van der Waals surface area contributed by atoms with Gasteiger partial charge in [-0.15, -0.1) is 0 Å². The van der Waals surface area contributed by atoms with Crippen molar-refractivity contribution in [3.05, 3.63) is 0 Å². The van der Waals surface area contributed by atoms with Crippen LogP contribution in [-0.2, 0) is 9.53 Å². The predicted molar refractivity (Wildman–Crippen MR) is 71.8 cm³/mol. The third-order valence-corrected chi connectivity index (χ3v) is 3.89. The molecule has 0 aromatic rings. The first-order valence-corrected chi connectivity index (χ1v) is 6.37. The Hall–Kier alpha value is -0.680. The normalized spacial score (nSPS) is 22.9. The van der Waals surface area contributed by atoms with Gasteiger partial charge in [-0.05, 0) is 27.2 Å². The average molecular weight is 258 g/mol. The monoisotopic (exact) mass is 258 g/mol. The zero-order valence-corrected chi connectivity index (χ0v) is 11.9. The van der Waals surface area contributed by atoms with Gasteiger partial charge in [-0.25, -0.2) is 0 Å². The van der Waals surface area contributed by atoms with Crippen molar-refractivity contribution in [1.82, 2.24) is 4.90 Å². The lowest BCUT2D eigenvalue weighted by molar-refractivity contribution is -0.152. The molecule has 1 fully saturated rings. The molecule has 1 unspecified atom stereocenters. The fourth-order valence-electron chi connectivity index (χ4n) is 1.97. The van der Waals surface area contributed by atoms with Crippen LogP contribution >= 0.6 is 12.2 Å². The maximum atomic E-state index is 12.5. The summed E-state index contributed by atoms with van der Waals surface area (Å²) in [6, 6.07) is 0. The van der Waals surface area contributed by atoms with Crippen LogP contribution in [0.4, 0.5) is 0 Å². The molecule has 4 nitrogen and oxygen atoms in total. The molecule has 1 saturated heterocycles. The van der Waals surface area contributed by atoms with Crippen LogP contribution < -0.4 is 5.73 Å². The first kappa shape index (κ1) is 14.4. The second-order valence-corrected chi connectivity index (χ2v) is 5.82. The highest BCUT2D eigenvalue weighted by atomic mass is 32.1. The van der Waals surface area contributed by atoms with Crippen LogP contribution in [0.25, 0.3) is 0 Å². The van der Waals surface area contributed by atoms with E-state index in [-0.39, 0.29) is 16.5 Å². The number of carbonyl (C=O) groups is 1. The summed E-state index contributed by atoms with van der Waals surface area (Å²) in [6.07, 6.45) is 0.624. The molecule has 1 amide bonds. The lowest BCUT2D eigenvalue weighted by atomic mass is 9.85. The molecule has 17 heavy (non-hydrogen) atoms. The molecule has 1 heterocycles. The largest absolute Gasteiger partial charge is 0.392 e. The minimum Gasteiger partial charge on any atom is -0.392 e. The highest BCUT2D eigenvalue weighted by Crippen LogP contribution is 2.27. The zero-order chi connectivity index (χ0) is 13.3. The molecule has 5 heteroatoms. The number of hydrogen-bond acceptors (Lipinski definition) is 3. The van der Waals surface area contributed by atoms with Crippen molar-refractivity contribution in [3.63, 3.8) is 0 Å². The van der Waals surface area contributed by atoms with E-state index in [0.29, 0.717) is 26.1 Å². The van der Waals surface area contributed by atoms with E-state index in [1.54, 1.807) is 0 Å². The molecule has 0 radical (unpaired) electrons. The second-order valence-electron chi connectivity index (χ2n) is 5.38. The molecule has 1 aliphatic heterocycles. The first-order chi connectivity index (χ1) is 7.73. The molecule has 98 valence electrons. The van der Waals surface area contributed by atoms with Crippen LogP contribution in [0.1, 0.15) is 34.1 Å². The molecule has 0 spiro atoms. The number of hydrogen-bond donors (Lipinski definition) is 1. The third-order valence-electron chi connectivity index (χ3n) is 3.44. The van der Waals surface area contributed by atoms with Crippen LogP contribution in [-0.4, -0.2) is 41.1 Å². The number of amides is 1. The van der Waals surface area contributed by atoms with Crippen LogP contribution in [0, 0.1) is 5.41 Å². The Balaban J connectivity index is 2.85. The van der Waals surface area contributed by atoms with Crippen molar-refractivity contribution in [2.45, 2.75) is 39.7 Å². The van der Waals surface area contributed by atoms with E-state index >= 15 is 0 Å². The van der Waals surface area contributed by atoms with Crippen molar-refractivity contribution in [3.8, 4) is 0 Å². The van der Waals surface area contributed by atoms with Crippen molar-refractivity contribution >= 4 is 23.1 Å². The molecular formula is C12H22N2O2S. The molecule has 1 rings (SSSR count). The molecule has 0 saturated carbocycles. The molecule has 0 aliphatic carbocycles. The molecule has 2 N–H and O–H groups in total. The summed E-state index contributed by atoms with van der Waals surface area (Å²) < 4.78 is 5.59. The topological polar surface area (TPSA) is 55.6 Å². The minimum absolute atomic E-state index is 0.0175. The van der Waals surface area contributed by atoms with E-state index in [1.807, 2.05) is 32.6 Å². The van der Waals surface area contributed by atoms with Crippen LogP contribution in [0.3, 0.4) is 0 Å². The molecule has 1 aliphatic rings. The summed E-state index contributed by atoms with van der Waals surface area (Å²) in [5, 5.41) is 0. The van der Waals surface area contributed by atoms with Crippen LogP contribution in [0.2, 0.25) is 0 Å². The predicted octanol–water partition coefficient (Wildman–Crippen LogP) is 1.33. The van der Waals surface area contributed by atoms with Gasteiger partial charge in [-0.1, -0.05) is 19.1 Å².